The number of amides is 1. The number of halogens is 4. The van der Waals surface area contributed by atoms with Gasteiger partial charge in [-0.05, 0) is 18.2 Å². The number of alkyl halides is 3. The number of methoxy groups -OCH3 is 1. The van der Waals surface area contributed by atoms with Gasteiger partial charge in [0.05, 0.1) is 6.61 Å². The van der Waals surface area contributed by atoms with Gasteiger partial charge in [0.1, 0.15) is 11.6 Å². The van der Waals surface area contributed by atoms with Gasteiger partial charge in [0.2, 0.25) is 5.91 Å². The Balaban J connectivity index is 0.00000242. The lowest BCUT2D eigenvalue weighted by molar-refractivity contribution is -0.156. The SMILES string of the molecule is COCC(N)C(=O)Nc1ccc2oc(C(F)(F)F)nc2c1.Cl. The van der Waals surface area contributed by atoms with Gasteiger partial charge in [0, 0.05) is 12.8 Å². The molecule has 0 aliphatic heterocycles. The predicted molar refractivity (Wildman–Crippen MR) is 74.7 cm³/mol. The van der Waals surface area contributed by atoms with E-state index in [9.17, 15) is 18.0 Å². The molecule has 1 amide bonds. The van der Waals surface area contributed by atoms with Crippen molar-refractivity contribution in [2.75, 3.05) is 19.0 Å². The first-order valence-corrected chi connectivity index (χ1v) is 5.84. The fourth-order valence-corrected chi connectivity index (χ4v) is 1.62. The Bertz CT molecular complexity index is 660. The standard InChI is InChI=1S/C12H12F3N3O3.ClH/c1-20-5-7(16)10(19)17-6-2-3-9-8(4-6)18-11(21-9)12(13,14)15;/h2-4,7H,5,16H2,1H3,(H,17,19);1H. The van der Waals surface area contributed by atoms with Crippen molar-refractivity contribution in [3.63, 3.8) is 0 Å². The molecule has 0 saturated heterocycles. The molecule has 2 rings (SSSR count). The van der Waals surface area contributed by atoms with Crippen LogP contribution in [-0.4, -0.2) is 30.6 Å². The highest BCUT2D eigenvalue weighted by atomic mass is 35.5. The molecule has 3 N–H and O–H groups in total. The topological polar surface area (TPSA) is 90.4 Å². The summed E-state index contributed by atoms with van der Waals surface area (Å²) in [5.41, 5.74) is 5.75. The summed E-state index contributed by atoms with van der Waals surface area (Å²) < 4.78 is 46.7. The van der Waals surface area contributed by atoms with Gasteiger partial charge in [-0.2, -0.15) is 13.2 Å². The maximum absolute atomic E-state index is 12.5. The van der Waals surface area contributed by atoms with E-state index in [0.717, 1.165) is 0 Å². The van der Waals surface area contributed by atoms with E-state index < -0.39 is 24.0 Å². The van der Waals surface area contributed by atoms with Crippen LogP contribution in [-0.2, 0) is 15.7 Å². The van der Waals surface area contributed by atoms with Crippen molar-refractivity contribution in [2.45, 2.75) is 12.2 Å². The summed E-state index contributed by atoms with van der Waals surface area (Å²) in [6.45, 7) is 0.0241. The molecule has 0 aliphatic rings. The molecule has 0 aliphatic carbocycles. The van der Waals surface area contributed by atoms with E-state index in [2.05, 4.69) is 14.7 Å². The number of fused-ring (bicyclic) bond motifs is 1. The van der Waals surface area contributed by atoms with Gasteiger partial charge >= 0.3 is 12.1 Å². The number of ether oxygens (including phenoxy) is 1. The maximum atomic E-state index is 12.5. The molecule has 2 aromatic rings. The molecular weight excluding hydrogens is 327 g/mol. The minimum atomic E-state index is -4.66. The third-order valence-electron chi connectivity index (χ3n) is 2.58. The zero-order valence-electron chi connectivity index (χ0n) is 11.3. The van der Waals surface area contributed by atoms with E-state index >= 15 is 0 Å². The summed E-state index contributed by atoms with van der Waals surface area (Å²) >= 11 is 0. The van der Waals surface area contributed by atoms with E-state index in [1.54, 1.807) is 0 Å². The fraction of sp³-hybridized carbons (Fsp3) is 0.333. The molecule has 6 nitrogen and oxygen atoms in total. The second kappa shape index (κ2) is 6.95. The van der Waals surface area contributed by atoms with E-state index in [-0.39, 0.29) is 35.8 Å². The van der Waals surface area contributed by atoms with Crippen molar-refractivity contribution < 1.29 is 27.1 Å². The van der Waals surface area contributed by atoms with Gasteiger partial charge in [0.25, 0.3) is 0 Å². The lowest BCUT2D eigenvalue weighted by Crippen LogP contribution is -2.39. The molecular formula is C12H13ClF3N3O3. The molecule has 1 unspecified atom stereocenters. The Morgan fingerprint density at radius 3 is 2.77 bits per heavy atom. The first kappa shape index (κ1) is 18.2. The fourth-order valence-electron chi connectivity index (χ4n) is 1.62. The largest absolute Gasteiger partial charge is 0.468 e. The first-order chi connectivity index (χ1) is 9.81. The molecule has 1 atom stereocenters. The van der Waals surface area contributed by atoms with Gasteiger partial charge in [-0.3, -0.25) is 4.79 Å². The average molecular weight is 340 g/mol. The molecule has 0 saturated carbocycles. The van der Waals surface area contributed by atoms with E-state index in [1.165, 1.54) is 25.3 Å². The summed E-state index contributed by atoms with van der Waals surface area (Å²) in [4.78, 5) is 15.0. The molecule has 10 heteroatoms. The van der Waals surface area contributed by atoms with E-state index in [1.807, 2.05) is 0 Å². The van der Waals surface area contributed by atoms with Crippen LogP contribution in [0.2, 0.25) is 0 Å². The number of nitrogens with one attached hydrogen (secondary N) is 1. The van der Waals surface area contributed by atoms with Gasteiger partial charge in [-0.1, -0.05) is 0 Å². The molecule has 1 aromatic heterocycles. The monoisotopic (exact) mass is 339 g/mol. The highest BCUT2D eigenvalue weighted by molar-refractivity contribution is 5.96. The number of oxazole rings is 1. The van der Waals surface area contributed by atoms with Gasteiger partial charge in [-0.15, -0.1) is 12.4 Å². The van der Waals surface area contributed by atoms with Crippen molar-refractivity contribution in [1.29, 1.82) is 0 Å². The number of nitrogens with two attached hydrogens (primary N) is 1. The molecule has 0 radical (unpaired) electrons. The smallest absolute Gasteiger partial charge is 0.433 e. The van der Waals surface area contributed by atoms with Crippen molar-refractivity contribution in [1.82, 2.24) is 4.98 Å². The Morgan fingerprint density at radius 2 is 2.18 bits per heavy atom. The second-order valence-corrected chi connectivity index (χ2v) is 4.25. The van der Waals surface area contributed by atoms with Gasteiger partial charge in [-0.25, -0.2) is 4.98 Å². The number of hydrogen-bond acceptors (Lipinski definition) is 5. The lowest BCUT2D eigenvalue weighted by atomic mass is 10.2. The van der Waals surface area contributed by atoms with Crippen LogP contribution in [0.1, 0.15) is 5.89 Å². The summed E-state index contributed by atoms with van der Waals surface area (Å²) in [7, 11) is 1.40. The van der Waals surface area contributed by atoms with Crippen molar-refractivity contribution in [3.8, 4) is 0 Å². The first-order valence-electron chi connectivity index (χ1n) is 5.84. The number of aromatic nitrogens is 1. The Morgan fingerprint density at radius 1 is 1.50 bits per heavy atom. The molecule has 1 aromatic carbocycles. The normalized spacial score (nSPS) is 12.8. The highest BCUT2D eigenvalue weighted by Crippen LogP contribution is 2.31. The molecule has 0 spiro atoms. The van der Waals surface area contributed by atoms with Gasteiger partial charge in [0.15, 0.2) is 5.58 Å². The van der Waals surface area contributed by atoms with Crippen molar-refractivity contribution >= 4 is 35.1 Å². The summed E-state index contributed by atoms with van der Waals surface area (Å²) in [6.07, 6.45) is -4.66. The Hall–Kier alpha value is -1.84. The number of rotatable bonds is 4. The lowest BCUT2D eigenvalue weighted by Gasteiger charge is -2.10. The maximum Gasteiger partial charge on any atom is 0.468 e. The number of anilines is 1. The Kier molecular flexibility index (Phi) is 5.75. The Labute approximate surface area is 129 Å². The molecule has 0 bridgehead atoms. The summed E-state index contributed by atoms with van der Waals surface area (Å²) in [6, 6.07) is 3.07. The highest BCUT2D eigenvalue weighted by Gasteiger charge is 2.37. The van der Waals surface area contributed by atoms with E-state index in [4.69, 9.17) is 10.5 Å². The van der Waals surface area contributed by atoms with Crippen LogP contribution in [0.5, 0.6) is 0 Å². The van der Waals surface area contributed by atoms with Crippen LogP contribution < -0.4 is 11.1 Å². The number of carbonyl (C=O) groups is 1. The molecule has 1 heterocycles. The van der Waals surface area contributed by atoms with Crippen LogP contribution in [0.3, 0.4) is 0 Å². The van der Waals surface area contributed by atoms with Crippen LogP contribution in [0.25, 0.3) is 11.1 Å². The second-order valence-electron chi connectivity index (χ2n) is 4.25. The number of hydrogen-bond donors (Lipinski definition) is 2. The number of benzene rings is 1. The van der Waals surface area contributed by atoms with Crippen molar-refractivity contribution in [2.24, 2.45) is 5.73 Å². The predicted octanol–water partition coefficient (Wildman–Crippen LogP) is 2.18. The van der Waals surface area contributed by atoms with Crippen LogP contribution in [0.15, 0.2) is 22.6 Å². The minimum absolute atomic E-state index is 0. The molecule has 22 heavy (non-hydrogen) atoms. The van der Waals surface area contributed by atoms with E-state index in [0.29, 0.717) is 0 Å². The van der Waals surface area contributed by atoms with Crippen LogP contribution in [0.4, 0.5) is 18.9 Å². The minimum Gasteiger partial charge on any atom is -0.433 e. The number of carbonyl (C=O) groups excluding carboxylic acids is 1. The summed E-state index contributed by atoms with van der Waals surface area (Å²) in [5, 5.41) is 2.46. The quantitative estimate of drug-likeness (QED) is 0.891. The molecule has 0 fully saturated rings. The summed E-state index contributed by atoms with van der Waals surface area (Å²) in [5.74, 6) is -1.85. The molecule has 122 valence electrons. The van der Waals surface area contributed by atoms with Crippen LogP contribution >= 0.6 is 12.4 Å². The zero-order chi connectivity index (χ0) is 15.6. The number of nitrogens with zero attached hydrogens (tertiary/aromatic N) is 1. The third kappa shape index (κ3) is 4.09. The average Bonchev–Trinajstić information content (AvgIpc) is 2.82. The van der Waals surface area contributed by atoms with Gasteiger partial charge < -0.3 is 20.2 Å². The third-order valence-corrected chi connectivity index (χ3v) is 2.58. The van der Waals surface area contributed by atoms with Crippen LogP contribution in [0, 0.1) is 0 Å². The zero-order valence-corrected chi connectivity index (χ0v) is 12.1. The van der Waals surface area contributed by atoms with Crippen molar-refractivity contribution in [3.05, 3.63) is 24.1 Å².